The Morgan fingerprint density at radius 3 is 2.90 bits per heavy atom. The SMILES string of the molecule is COc1ccc(C(=O)CNCCc2cccs2)cc1Br. The molecule has 0 amide bonds. The third-order valence-corrected chi connectivity index (χ3v) is 4.44. The van der Waals surface area contributed by atoms with E-state index < -0.39 is 0 Å². The van der Waals surface area contributed by atoms with E-state index in [1.807, 2.05) is 6.07 Å². The predicted molar refractivity (Wildman–Crippen MR) is 85.9 cm³/mol. The maximum absolute atomic E-state index is 12.0. The molecule has 0 saturated carbocycles. The van der Waals surface area contributed by atoms with Crippen molar-refractivity contribution in [2.24, 2.45) is 0 Å². The first-order chi connectivity index (χ1) is 9.70. The molecule has 0 spiro atoms. The number of benzene rings is 1. The minimum absolute atomic E-state index is 0.0829. The smallest absolute Gasteiger partial charge is 0.176 e. The maximum Gasteiger partial charge on any atom is 0.176 e. The van der Waals surface area contributed by atoms with Gasteiger partial charge in [-0.2, -0.15) is 0 Å². The van der Waals surface area contributed by atoms with Crippen molar-refractivity contribution < 1.29 is 9.53 Å². The van der Waals surface area contributed by atoms with Crippen LogP contribution in [0, 0.1) is 0 Å². The van der Waals surface area contributed by atoms with E-state index in [9.17, 15) is 4.79 Å². The van der Waals surface area contributed by atoms with Crippen molar-refractivity contribution in [3.63, 3.8) is 0 Å². The molecule has 0 aliphatic carbocycles. The van der Waals surface area contributed by atoms with Gasteiger partial charge in [-0.05, 0) is 52.0 Å². The Hall–Kier alpha value is -1.17. The highest BCUT2D eigenvalue weighted by Crippen LogP contribution is 2.25. The third-order valence-electron chi connectivity index (χ3n) is 2.89. The van der Waals surface area contributed by atoms with Gasteiger partial charge < -0.3 is 10.1 Å². The van der Waals surface area contributed by atoms with Gasteiger partial charge in [-0.15, -0.1) is 11.3 Å². The second kappa shape index (κ2) is 7.57. The van der Waals surface area contributed by atoms with E-state index in [0.717, 1.165) is 23.2 Å². The zero-order valence-electron chi connectivity index (χ0n) is 11.2. The molecule has 0 aliphatic heterocycles. The fourth-order valence-electron chi connectivity index (χ4n) is 1.81. The molecule has 0 unspecified atom stereocenters. The zero-order valence-corrected chi connectivity index (χ0v) is 13.6. The monoisotopic (exact) mass is 353 g/mol. The van der Waals surface area contributed by atoms with Gasteiger partial charge in [-0.1, -0.05) is 6.07 Å². The van der Waals surface area contributed by atoms with Crippen molar-refractivity contribution in [2.75, 3.05) is 20.2 Å². The molecule has 0 atom stereocenters. The number of halogens is 1. The van der Waals surface area contributed by atoms with Crippen molar-refractivity contribution >= 4 is 33.0 Å². The number of carbonyl (C=O) groups excluding carboxylic acids is 1. The van der Waals surface area contributed by atoms with Crippen LogP contribution in [0.2, 0.25) is 0 Å². The molecule has 0 bridgehead atoms. The molecule has 5 heteroatoms. The van der Waals surface area contributed by atoms with Crippen LogP contribution >= 0.6 is 27.3 Å². The predicted octanol–water partition coefficient (Wildman–Crippen LogP) is 3.53. The number of methoxy groups -OCH3 is 1. The fourth-order valence-corrected chi connectivity index (χ4v) is 3.06. The molecule has 0 aliphatic rings. The molecule has 1 aromatic carbocycles. The summed E-state index contributed by atoms with van der Waals surface area (Å²) in [6.07, 6.45) is 0.956. The summed E-state index contributed by atoms with van der Waals surface area (Å²) in [5, 5.41) is 5.25. The van der Waals surface area contributed by atoms with Crippen molar-refractivity contribution in [2.45, 2.75) is 6.42 Å². The van der Waals surface area contributed by atoms with Crippen LogP contribution in [0.4, 0.5) is 0 Å². The van der Waals surface area contributed by atoms with Crippen LogP contribution in [0.25, 0.3) is 0 Å². The van der Waals surface area contributed by atoms with Crippen LogP contribution in [0.5, 0.6) is 5.75 Å². The average molecular weight is 354 g/mol. The molecule has 3 nitrogen and oxygen atoms in total. The van der Waals surface area contributed by atoms with E-state index in [0.29, 0.717) is 12.1 Å². The van der Waals surface area contributed by atoms with Gasteiger partial charge in [0.2, 0.25) is 0 Å². The van der Waals surface area contributed by atoms with E-state index in [1.165, 1.54) is 4.88 Å². The topological polar surface area (TPSA) is 38.3 Å². The summed E-state index contributed by atoms with van der Waals surface area (Å²) in [6, 6.07) is 9.52. The standard InChI is InChI=1S/C15H16BrNO2S/c1-19-15-5-4-11(9-13(15)16)14(18)10-17-7-6-12-3-2-8-20-12/h2-5,8-9,17H,6-7,10H2,1H3. The Morgan fingerprint density at radius 1 is 1.40 bits per heavy atom. The largest absolute Gasteiger partial charge is 0.496 e. The minimum atomic E-state index is 0.0829. The number of hydrogen-bond donors (Lipinski definition) is 1. The van der Waals surface area contributed by atoms with Gasteiger partial charge in [-0.3, -0.25) is 4.79 Å². The highest BCUT2D eigenvalue weighted by atomic mass is 79.9. The van der Waals surface area contributed by atoms with Crippen molar-refractivity contribution in [1.82, 2.24) is 5.32 Å². The van der Waals surface area contributed by atoms with Crippen LogP contribution in [-0.4, -0.2) is 26.0 Å². The van der Waals surface area contributed by atoms with E-state index in [1.54, 1.807) is 36.6 Å². The molecule has 1 N–H and O–H groups in total. The summed E-state index contributed by atoms with van der Waals surface area (Å²) >= 11 is 5.13. The van der Waals surface area contributed by atoms with Gasteiger partial charge in [0.05, 0.1) is 18.1 Å². The molecule has 106 valence electrons. The summed E-state index contributed by atoms with van der Waals surface area (Å²) < 4.78 is 5.94. The van der Waals surface area contributed by atoms with Gasteiger partial charge >= 0.3 is 0 Å². The first-order valence-corrected chi connectivity index (χ1v) is 7.98. The van der Waals surface area contributed by atoms with Crippen LogP contribution in [0.1, 0.15) is 15.2 Å². The summed E-state index contributed by atoms with van der Waals surface area (Å²) in [7, 11) is 1.60. The lowest BCUT2D eigenvalue weighted by Crippen LogP contribution is -2.25. The van der Waals surface area contributed by atoms with Crippen molar-refractivity contribution in [1.29, 1.82) is 0 Å². The Bertz CT molecular complexity index is 569. The average Bonchev–Trinajstić information content (AvgIpc) is 2.96. The minimum Gasteiger partial charge on any atom is -0.496 e. The lowest BCUT2D eigenvalue weighted by Gasteiger charge is -2.06. The van der Waals surface area contributed by atoms with Crippen LogP contribution < -0.4 is 10.1 Å². The highest BCUT2D eigenvalue weighted by molar-refractivity contribution is 9.10. The summed E-state index contributed by atoms with van der Waals surface area (Å²) in [5.74, 6) is 0.812. The molecule has 2 rings (SSSR count). The molecule has 0 radical (unpaired) electrons. The summed E-state index contributed by atoms with van der Waals surface area (Å²) in [4.78, 5) is 13.4. The van der Waals surface area contributed by atoms with E-state index >= 15 is 0 Å². The Balaban J connectivity index is 1.81. The molecule has 20 heavy (non-hydrogen) atoms. The molecule has 0 fully saturated rings. The van der Waals surface area contributed by atoms with Gasteiger partial charge in [0.15, 0.2) is 5.78 Å². The molecular formula is C15H16BrNO2S. The molecular weight excluding hydrogens is 338 g/mol. The number of thiophene rings is 1. The molecule has 1 heterocycles. The Labute approximate surface area is 131 Å². The number of hydrogen-bond acceptors (Lipinski definition) is 4. The van der Waals surface area contributed by atoms with Crippen molar-refractivity contribution in [3.8, 4) is 5.75 Å². The fraction of sp³-hybridized carbons (Fsp3) is 0.267. The Kier molecular flexibility index (Phi) is 5.76. The first-order valence-electron chi connectivity index (χ1n) is 6.30. The van der Waals surface area contributed by atoms with E-state index in [2.05, 4.69) is 32.7 Å². The lowest BCUT2D eigenvalue weighted by atomic mass is 10.1. The second-order valence-corrected chi connectivity index (χ2v) is 6.17. The number of nitrogens with one attached hydrogen (secondary N) is 1. The number of carbonyl (C=O) groups is 1. The van der Waals surface area contributed by atoms with E-state index in [4.69, 9.17) is 4.74 Å². The lowest BCUT2D eigenvalue weighted by molar-refractivity contribution is 0.0991. The number of rotatable bonds is 7. The van der Waals surface area contributed by atoms with Crippen molar-refractivity contribution in [3.05, 3.63) is 50.6 Å². The van der Waals surface area contributed by atoms with Gasteiger partial charge in [0, 0.05) is 17.0 Å². The summed E-state index contributed by atoms with van der Waals surface area (Å²) in [5.41, 5.74) is 0.682. The number of ketones is 1. The summed E-state index contributed by atoms with van der Waals surface area (Å²) in [6.45, 7) is 1.16. The zero-order chi connectivity index (χ0) is 14.4. The number of ether oxygens (including phenoxy) is 1. The number of Topliss-reactive ketones (excluding diaryl/α,β-unsaturated/α-hetero) is 1. The second-order valence-electron chi connectivity index (χ2n) is 4.28. The van der Waals surface area contributed by atoms with Gasteiger partial charge in [0.25, 0.3) is 0 Å². The first kappa shape index (κ1) is 15.2. The third kappa shape index (κ3) is 4.16. The quantitative estimate of drug-likeness (QED) is 0.611. The normalized spacial score (nSPS) is 10.5. The van der Waals surface area contributed by atoms with E-state index in [-0.39, 0.29) is 5.78 Å². The highest BCUT2D eigenvalue weighted by Gasteiger charge is 2.08. The van der Waals surface area contributed by atoms with Crippen LogP contribution in [0.3, 0.4) is 0 Å². The van der Waals surface area contributed by atoms with Gasteiger partial charge in [-0.25, -0.2) is 0 Å². The Morgan fingerprint density at radius 2 is 2.25 bits per heavy atom. The van der Waals surface area contributed by atoms with Crippen LogP contribution in [-0.2, 0) is 6.42 Å². The molecule has 1 aromatic heterocycles. The maximum atomic E-state index is 12.0. The molecule has 0 saturated heterocycles. The van der Waals surface area contributed by atoms with Gasteiger partial charge in [0.1, 0.15) is 5.75 Å². The van der Waals surface area contributed by atoms with Crippen LogP contribution in [0.15, 0.2) is 40.2 Å². The molecule has 2 aromatic rings.